The molecule has 2 heterocycles. The number of rotatable bonds is 4. The molecule has 8 nitrogen and oxygen atoms in total. The molecule has 0 spiro atoms. The van der Waals surface area contributed by atoms with Crippen molar-refractivity contribution in [1.29, 1.82) is 5.26 Å². The fourth-order valence-electron chi connectivity index (χ4n) is 3.17. The first-order valence-corrected chi connectivity index (χ1v) is 9.25. The summed E-state index contributed by atoms with van der Waals surface area (Å²) in [5, 5.41) is 13.4. The number of hydrogen-bond acceptors (Lipinski definition) is 5. The average molecular weight is 339 g/mol. The van der Waals surface area contributed by atoms with Gasteiger partial charge in [-0.05, 0) is 31.2 Å². The van der Waals surface area contributed by atoms with E-state index in [0.717, 1.165) is 31.4 Å². The number of hydrogen-bond donors (Lipinski definition) is 1. The van der Waals surface area contributed by atoms with E-state index in [1.807, 2.05) is 17.8 Å². The van der Waals surface area contributed by atoms with Gasteiger partial charge in [-0.25, -0.2) is 0 Å². The number of aromatic nitrogens is 2. The first-order chi connectivity index (χ1) is 11.0. The van der Waals surface area contributed by atoms with Crippen molar-refractivity contribution in [3.63, 3.8) is 0 Å². The molecule has 1 aromatic rings. The molecule has 1 N–H and O–H groups in total. The van der Waals surface area contributed by atoms with Gasteiger partial charge >= 0.3 is 0 Å². The second-order valence-corrected chi connectivity index (χ2v) is 7.63. The van der Waals surface area contributed by atoms with Gasteiger partial charge in [-0.3, -0.25) is 4.68 Å². The molecule has 0 bridgehead atoms. The van der Waals surface area contributed by atoms with Crippen molar-refractivity contribution in [2.45, 2.75) is 38.3 Å². The maximum Gasteiger partial charge on any atom is 0.280 e. The zero-order chi connectivity index (χ0) is 16.4. The third kappa shape index (κ3) is 3.40. The van der Waals surface area contributed by atoms with Crippen molar-refractivity contribution >= 4 is 10.2 Å². The number of fused-ring (bicyclic) bond motifs is 1. The maximum atomic E-state index is 12.4. The van der Waals surface area contributed by atoms with Crippen molar-refractivity contribution < 1.29 is 13.2 Å². The third-order valence-corrected chi connectivity index (χ3v) is 5.90. The van der Waals surface area contributed by atoms with Crippen LogP contribution in [-0.2, 0) is 41.4 Å². The molecule has 0 aromatic carbocycles. The Morgan fingerprint density at radius 3 is 3.00 bits per heavy atom. The van der Waals surface area contributed by atoms with Gasteiger partial charge in [0.2, 0.25) is 0 Å². The molecular weight excluding hydrogens is 318 g/mol. The van der Waals surface area contributed by atoms with Gasteiger partial charge in [0.25, 0.3) is 10.2 Å². The minimum absolute atomic E-state index is 0.0617. The van der Waals surface area contributed by atoms with E-state index in [1.54, 1.807) is 0 Å². The lowest BCUT2D eigenvalue weighted by Crippen LogP contribution is -2.49. The molecule has 126 valence electrons. The maximum absolute atomic E-state index is 12.4. The Kier molecular flexibility index (Phi) is 4.68. The molecule has 2 aliphatic rings. The minimum atomic E-state index is -3.64. The van der Waals surface area contributed by atoms with Crippen LogP contribution in [-0.4, -0.2) is 48.3 Å². The van der Waals surface area contributed by atoms with Gasteiger partial charge in [-0.15, -0.1) is 0 Å². The van der Waals surface area contributed by atoms with Crippen LogP contribution in [0.3, 0.4) is 0 Å². The first-order valence-electron chi connectivity index (χ1n) is 7.81. The fraction of sp³-hybridized carbons (Fsp3) is 0.714. The van der Waals surface area contributed by atoms with E-state index in [2.05, 4.69) is 9.82 Å². The Balaban J connectivity index is 1.69. The molecule has 1 atom stereocenters. The van der Waals surface area contributed by atoms with Crippen LogP contribution in [0.2, 0.25) is 0 Å². The minimum Gasteiger partial charge on any atom is -0.361 e. The molecule has 1 aromatic heterocycles. The lowest BCUT2D eigenvalue weighted by Gasteiger charge is -2.28. The Hall–Kier alpha value is -1.47. The van der Waals surface area contributed by atoms with Crippen molar-refractivity contribution in [2.75, 3.05) is 19.7 Å². The molecule has 0 saturated carbocycles. The summed E-state index contributed by atoms with van der Waals surface area (Å²) in [6, 6.07) is 1.95. The number of nitrogens with one attached hydrogen (secondary N) is 1. The van der Waals surface area contributed by atoms with E-state index in [9.17, 15) is 8.42 Å². The van der Waals surface area contributed by atoms with Crippen molar-refractivity contribution in [1.82, 2.24) is 18.8 Å². The van der Waals surface area contributed by atoms with Crippen LogP contribution in [0.15, 0.2) is 0 Å². The number of ether oxygens (including phenoxy) is 1. The summed E-state index contributed by atoms with van der Waals surface area (Å²) in [7, 11) is -1.73. The fourth-order valence-corrected chi connectivity index (χ4v) is 4.32. The molecule has 3 rings (SSSR count). The summed E-state index contributed by atoms with van der Waals surface area (Å²) in [6.45, 7) is 0.734. The molecule has 1 aliphatic carbocycles. The van der Waals surface area contributed by atoms with Gasteiger partial charge in [0.1, 0.15) is 0 Å². The topological polar surface area (TPSA) is 100 Å². The standard InChI is InChI=1S/C14H21N5O3S/c1-18-14-5-3-2-4-12(14)13(17-18)9-16-23(20,21)19-6-7-22-11(8-15)10-19/h11,16H,2-7,9-10H2,1H3. The highest BCUT2D eigenvalue weighted by Crippen LogP contribution is 2.24. The molecule has 0 amide bonds. The highest BCUT2D eigenvalue weighted by Gasteiger charge is 2.30. The number of aryl methyl sites for hydroxylation is 1. The summed E-state index contributed by atoms with van der Waals surface area (Å²) in [4.78, 5) is 0. The van der Waals surface area contributed by atoms with Crippen LogP contribution in [0.25, 0.3) is 0 Å². The van der Waals surface area contributed by atoms with Gasteiger partial charge in [0.05, 0.1) is 31.5 Å². The molecule has 1 aliphatic heterocycles. The van der Waals surface area contributed by atoms with E-state index in [-0.39, 0.29) is 26.2 Å². The average Bonchev–Trinajstić information content (AvgIpc) is 2.90. The molecule has 1 saturated heterocycles. The van der Waals surface area contributed by atoms with Gasteiger partial charge < -0.3 is 4.74 Å². The lowest BCUT2D eigenvalue weighted by molar-refractivity contribution is 0.0307. The van der Waals surface area contributed by atoms with Crippen LogP contribution >= 0.6 is 0 Å². The summed E-state index contributed by atoms with van der Waals surface area (Å²) in [5.74, 6) is 0. The zero-order valence-electron chi connectivity index (χ0n) is 13.2. The predicted octanol–water partition coefficient (Wildman–Crippen LogP) is -0.142. The molecule has 1 unspecified atom stereocenters. The Labute approximate surface area is 136 Å². The highest BCUT2D eigenvalue weighted by atomic mass is 32.2. The summed E-state index contributed by atoms with van der Waals surface area (Å²) in [5.41, 5.74) is 3.19. The summed E-state index contributed by atoms with van der Waals surface area (Å²) < 4.78 is 35.7. The van der Waals surface area contributed by atoms with Crippen molar-refractivity contribution in [3.8, 4) is 6.07 Å². The summed E-state index contributed by atoms with van der Waals surface area (Å²) >= 11 is 0. The highest BCUT2D eigenvalue weighted by molar-refractivity contribution is 7.87. The van der Waals surface area contributed by atoms with Gasteiger partial charge in [0, 0.05) is 19.3 Å². The molecule has 9 heteroatoms. The Morgan fingerprint density at radius 2 is 2.22 bits per heavy atom. The number of nitriles is 1. The van der Waals surface area contributed by atoms with Gasteiger partial charge in [-0.2, -0.15) is 27.8 Å². The second-order valence-electron chi connectivity index (χ2n) is 5.88. The van der Waals surface area contributed by atoms with Crippen LogP contribution in [0.5, 0.6) is 0 Å². The van der Waals surface area contributed by atoms with E-state index < -0.39 is 16.3 Å². The van der Waals surface area contributed by atoms with Gasteiger partial charge in [-0.1, -0.05) is 0 Å². The smallest absolute Gasteiger partial charge is 0.280 e. The van der Waals surface area contributed by atoms with Crippen LogP contribution in [0.1, 0.15) is 29.8 Å². The van der Waals surface area contributed by atoms with Crippen molar-refractivity contribution in [3.05, 3.63) is 17.0 Å². The molecule has 0 radical (unpaired) electrons. The quantitative estimate of drug-likeness (QED) is 0.823. The molecule has 1 fully saturated rings. The van der Waals surface area contributed by atoms with E-state index in [1.165, 1.54) is 15.6 Å². The molecular formula is C14H21N5O3S. The third-order valence-electron chi connectivity index (χ3n) is 4.38. The monoisotopic (exact) mass is 339 g/mol. The first kappa shape index (κ1) is 16.4. The van der Waals surface area contributed by atoms with Crippen LogP contribution in [0, 0.1) is 11.3 Å². The summed E-state index contributed by atoms with van der Waals surface area (Å²) in [6.07, 6.45) is 3.52. The predicted molar refractivity (Wildman–Crippen MR) is 82.5 cm³/mol. The van der Waals surface area contributed by atoms with Crippen LogP contribution < -0.4 is 4.72 Å². The second kappa shape index (κ2) is 6.57. The molecule has 23 heavy (non-hydrogen) atoms. The van der Waals surface area contributed by atoms with Crippen molar-refractivity contribution in [2.24, 2.45) is 7.05 Å². The zero-order valence-corrected chi connectivity index (χ0v) is 14.0. The van der Waals surface area contributed by atoms with Gasteiger partial charge in [0.15, 0.2) is 6.10 Å². The Morgan fingerprint density at radius 1 is 1.43 bits per heavy atom. The normalized spacial score (nSPS) is 22.5. The van der Waals surface area contributed by atoms with Crippen LogP contribution in [0.4, 0.5) is 0 Å². The van der Waals surface area contributed by atoms with E-state index >= 15 is 0 Å². The lowest BCUT2D eigenvalue weighted by atomic mass is 9.96. The SMILES string of the molecule is Cn1nc(CNS(=O)(=O)N2CCOC(C#N)C2)c2c1CCCC2. The largest absolute Gasteiger partial charge is 0.361 e. The number of nitrogens with zero attached hydrogens (tertiary/aromatic N) is 4. The van der Waals surface area contributed by atoms with E-state index in [0.29, 0.717) is 0 Å². The Bertz CT molecular complexity index is 722. The van der Waals surface area contributed by atoms with E-state index in [4.69, 9.17) is 10.00 Å². The number of morpholine rings is 1.